The molecule has 14 heavy (non-hydrogen) atoms. The Balaban J connectivity index is 2.95. The molecule has 0 bridgehead atoms. The van der Waals surface area contributed by atoms with Crippen molar-refractivity contribution in [1.29, 1.82) is 0 Å². The van der Waals surface area contributed by atoms with Crippen LogP contribution in [0.2, 0.25) is 0 Å². The maximum Gasteiger partial charge on any atom is 0.229 e. The van der Waals surface area contributed by atoms with E-state index in [0.29, 0.717) is 5.69 Å². The van der Waals surface area contributed by atoms with Gasteiger partial charge in [-0.1, -0.05) is 12.1 Å². The molecule has 3 N–H and O–H groups in total. The number of rotatable bonds is 3. The number of sulfonamides is 1. The van der Waals surface area contributed by atoms with E-state index < -0.39 is 10.0 Å². The lowest BCUT2D eigenvalue weighted by molar-refractivity contribution is 0.607. The molecule has 78 valence electrons. The topological polar surface area (TPSA) is 72.2 Å². The third kappa shape index (κ3) is 3.35. The number of nitrogens with two attached hydrogens (primary N) is 1. The predicted molar refractivity (Wildman–Crippen MR) is 57.5 cm³/mol. The van der Waals surface area contributed by atoms with Crippen LogP contribution in [0.25, 0.3) is 0 Å². The SMILES string of the molecule is C[C@@H](N)c1cccc(NS(C)(=O)=O)c1. The van der Waals surface area contributed by atoms with Crippen molar-refractivity contribution >= 4 is 15.7 Å². The van der Waals surface area contributed by atoms with E-state index in [1.54, 1.807) is 18.2 Å². The molecule has 0 spiro atoms. The summed E-state index contributed by atoms with van der Waals surface area (Å²) >= 11 is 0. The summed E-state index contributed by atoms with van der Waals surface area (Å²) in [5.41, 5.74) is 7.11. The number of hydrogen-bond donors (Lipinski definition) is 2. The van der Waals surface area contributed by atoms with Gasteiger partial charge in [0.1, 0.15) is 0 Å². The van der Waals surface area contributed by atoms with Gasteiger partial charge in [-0.3, -0.25) is 4.72 Å². The molecule has 0 aliphatic heterocycles. The zero-order valence-electron chi connectivity index (χ0n) is 8.19. The minimum atomic E-state index is -3.21. The smallest absolute Gasteiger partial charge is 0.229 e. The van der Waals surface area contributed by atoms with E-state index in [1.807, 2.05) is 13.0 Å². The maximum atomic E-state index is 10.9. The summed E-state index contributed by atoms with van der Waals surface area (Å²) in [6, 6.07) is 6.94. The van der Waals surface area contributed by atoms with Crippen molar-refractivity contribution in [1.82, 2.24) is 0 Å². The molecule has 0 radical (unpaired) electrons. The Labute approximate surface area is 84.2 Å². The lowest BCUT2D eigenvalue weighted by Crippen LogP contribution is -2.11. The van der Waals surface area contributed by atoms with Crippen LogP contribution in [0.4, 0.5) is 5.69 Å². The Kier molecular flexibility index (Phi) is 3.13. The molecule has 1 atom stereocenters. The highest BCUT2D eigenvalue weighted by atomic mass is 32.2. The summed E-state index contributed by atoms with van der Waals surface area (Å²) in [7, 11) is -3.21. The number of nitrogens with one attached hydrogen (secondary N) is 1. The number of benzene rings is 1. The zero-order valence-corrected chi connectivity index (χ0v) is 9.01. The van der Waals surface area contributed by atoms with Crippen molar-refractivity contribution in [3.8, 4) is 0 Å². The Morgan fingerprint density at radius 1 is 1.43 bits per heavy atom. The van der Waals surface area contributed by atoms with Crippen molar-refractivity contribution in [3.05, 3.63) is 29.8 Å². The number of anilines is 1. The van der Waals surface area contributed by atoms with Gasteiger partial charge >= 0.3 is 0 Å². The average Bonchev–Trinajstić information content (AvgIpc) is 2.01. The molecule has 0 saturated carbocycles. The van der Waals surface area contributed by atoms with E-state index in [9.17, 15) is 8.42 Å². The van der Waals surface area contributed by atoms with E-state index in [4.69, 9.17) is 5.73 Å². The first kappa shape index (κ1) is 11.0. The van der Waals surface area contributed by atoms with Crippen LogP contribution in [0, 0.1) is 0 Å². The third-order valence-corrected chi connectivity index (χ3v) is 2.32. The molecule has 0 aliphatic rings. The fourth-order valence-corrected chi connectivity index (χ4v) is 1.65. The van der Waals surface area contributed by atoms with E-state index >= 15 is 0 Å². The largest absolute Gasteiger partial charge is 0.324 e. The van der Waals surface area contributed by atoms with Gasteiger partial charge in [0.05, 0.1) is 6.26 Å². The molecule has 0 saturated heterocycles. The van der Waals surface area contributed by atoms with Crippen molar-refractivity contribution < 1.29 is 8.42 Å². The highest BCUT2D eigenvalue weighted by Gasteiger charge is 2.04. The van der Waals surface area contributed by atoms with Gasteiger partial charge in [-0.2, -0.15) is 0 Å². The molecular formula is C9H14N2O2S. The second-order valence-electron chi connectivity index (χ2n) is 3.29. The molecule has 1 rings (SSSR count). The van der Waals surface area contributed by atoms with Crippen LogP contribution in [-0.4, -0.2) is 14.7 Å². The first-order chi connectivity index (χ1) is 6.38. The van der Waals surface area contributed by atoms with Gasteiger partial charge in [-0.25, -0.2) is 8.42 Å². The second-order valence-corrected chi connectivity index (χ2v) is 5.04. The van der Waals surface area contributed by atoms with Crippen LogP contribution >= 0.6 is 0 Å². The first-order valence-electron chi connectivity index (χ1n) is 4.22. The molecule has 0 amide bonds. The summed E-state index contributed by atoms with van der Waals surface area (Å²) in [6.07, 6.45) is 1.12. The Morgan fingerprint density at radius 2 is 2.07 bits per heavy atom. The molecule has 1 aromatic carbocycles. The molecule has 0 unspecified atom stereocenters. The van der Waals surface area contributed by atoms with Gasteiger partial charge in [0, 0.05) is 11.7 Å². The summed E-state index contributed by atoms with van der Waals surface area (Å²) in [5, 5.41) is 0. The summed E-state index contributed by atoms with van der Waals surface area (Å²) in [4.78, 5) is 0. The fraction of sp³-hybridized carbons (Fsp3) is 0.333. The van der Waals surface area contributed by atoms with Crippen LogP contribution in [-0.2, 0) is 10.0 Å². The number of hydrogen-bond acceptors (Lipinski definition) is 3. The third-order valence-electron chi connectivity index (χ3n) is 1.72. The minimum absolute atomic E-state index is 0.101. The summed E-state index contributed by atoms with van der Waals surface area (Å²) in [5.74, 6) is 0. The average molecular weight is 214 g/mol. The van der Waals surface area contributed by atoms with Crippen molar-refractivity contribution in [2.45, 2.75) is 13.0 Å². The zero-order chi connectivity index (χ0) is 10.8. The first-order valence-corrected chi connectivity index (χ1v) is 6.11. The lowest BCUT2D eigenvalue weighted by atomic mass is 10.1. The van der Waals surface area contributed by atoms with E-state index in [-0.39, 0.29) is 6.04 Å². The Bertz CT molecular complexity index is 413. The molecule has 5 heteroatoms. The maximum absolute atomic E-state index is 10.9. The van der Waals surface area contributed by atoms with E-state index in [1.165, 1.54) is 0 Å². The highest BCUT2D eigenvalue weighted by Crippen LogP contribution is 2.16. The van der Waals surface area contributed by atoms with E-state index in [2.05, 4.69) is 4.72 Å². The summed E-state index contributed by atoms with van der Waals surface area (Å²) in [6.45, 7) is 1.85. The van der Waals surface area contributed by atoms with Crippen LogP contribution in [0.5, 0.6) is 0 Å². The molecule has 0 heterocycles. The molecular weight excluding hydrogens is 200 g/mol. The Morgan fingerprint density at radius 3 is 2.57 bits per heavy atom. The normalized spacial score (nSPS) is 13.6. The molecule has 0 aromatic heterocycles. The van der Waals surface area contributed by atoms with Gasteiger partial charge < -0.3 is 5.73 Å². The van der Waals surface area contributed by atoms with Crippen molar-refractivity contribution in [2.75, 3.05) is 11.0 Å². The molecule has 0 aliphatic carbocycles. The summed E-state index contributed by atoms with van der Waals surface area (Å²) < 4.78 is 24.3. The van der Waals surface area contributed by atoms with E-state index in [0.717, 1.165) is 11.8 Å². The van der Waals surface area contributed by atoms with Crippen LogP contribution < -0.4 is 10.5 Å². The molecule has 4 nitrogen and oxygen atoms in total. The molecule has 0 fully saturated rings. The van der Waals surface area contributed by atoms with Gasteiger partial charge in [-0.05, 0) is 24.6 Å². The quantitative estimate of drug-likeness (QED) is 0.790. The standard InChI is InChI=1S/C9H14N2O2S/c1-7(10)8-4-3-5-9(6-8)11-14(2,12)13/h3-7,11H,10H2,1-2H3/t7-/m1/s1. The monoisotopic (exact) mass is 214 g/mol. The van der Waals surface area contributed by atoms with Crippen LogP contribution in [0.1, 0.15) is 18.5 Å². The van der Waals surface area contributed by atoms with Crippen molar-refractivity contribution in [2.24, 2.45) is 5.73 Å². The minimum Gasteiger partial charge on any atom is -0.324 e. The van der Waals surface area contributed by atoms with Gasteiger partial charge in [0.2, 0.25) is 10.0 Å². The lowest BCUT2D eigenvalue weighted by Gasteiger charge is -2.08. The second kappa shape index (κ2) is 3.98. The Hall–Kier alpha value is -1.07. The van der Waals surface area contributed by atoms with Crippen LogP contribution in [0.15, 0.2) is 24.3 Å². The fourth-order valence-electron chi connectivity index (χ4n) is 1.10. The van der Waals surface area contributed by atoms with Crippen molar-refractivity contribution in [3.63, 3.8) is 0 Å². The molecule has 1 aromatic rings. The van der Waals surface area contributed by atoms with Gasteiger partial charge in [0.15, 0.2) is 0 Å². The van der Waals surface area contributed by atoms with Crippen LogP contribution in [0.3, 0.4) is 0 Å². The van der Waals surface area contributed by atoms with Gasteiger partial charge in [-0.15, -0.1) is 0 Å². The highest BCUT2D eigenvalue weighted by molar-refractivity contribution is 7.92. The van der Waals surface area contributed by atoms with Gasteiger partial charge in [0.25, 0.3) is 0 Å². The predicted octanol–water partition coefficient (Wildman–Crippen LogP) is 1.08.